The average Bonchev–Trinajstić information content (AvgIpc) is 3.52. The third kappa shape index (κ3) is 8.65. The van der Waals surface area contributed by atoms with Gasteiger partial charge in [0.05, 0.1) is 18.8 Å². The van der Waals surface area contributed by atoms with Crippen LogP contribution in [0.15, 0.2) is 88.5 Å². The average molecular weight is 638 g/mol. The molecule has 0 spiro atoms. The van der Waals surface area contributed by atoms with Gasteiger partial charge in [0, 0.05) is 6.54 Å². The number of thiophene rings is 1. The van der Waals surface area contributed by atoms with Crippen LogP contribution in [-0.2, 0) is 32.6 Å². The lowest BCUT2D eigenvalue weighted by Crippen LogP contribution is -2.40. The van der Waals surface area contributed by atoms with Crippen molar-refractivity contribution in [3.05, 3.63) is 95.5 Å². The highest BCUT2D eigenvalue weighted by molar-refractivity contribution is 7.91. The molecule has 0 saturated carbocycles. The van der Waals surface area contributed by atoms with Gasteiger partial charge in [-0.25, -0.2) is 18.2 Å². The number of rotatable bonds is 12. The van der Waals surface area contributed by atoms with Gasteiger partial charge < -0.3 is 14.6 Å². The highest BCUT2D eigenvalue weighted by Crippen LogP contribution is 2.28. The Morgan fingerprint density at radius 1 is 0.932 bits per heavy atom. The number of aromatic nitrogens is 1. The highest BCUT2D eigenvalue weighted by Gasteiger charge is 2.29. The molecule has 1 amide bonds. The predicted molar refractivity (Wildman–Crippen MR) is 169 cm³/mol. The molecule has 12 heteroatoms. The van der Waals surface area contributed by atoms with Gasteiger partial charge in [-0.1, -0.05) is 48.5 Å². The minimum absolute atomic E-state index is 0.0336. The Labute approximate surface area is 261 Å². The molecular weight excluding hydrogens is 603 g/mol. The Hall–Kier alpha value is -4.26. The number of benzene rings is 2. The van der Waals surface area contributed by atoms with Gasteiger partial charge in [0.15, 0.2) is 0 Å². The summed E-state index contributed by atoms with van der Waals surface area (Å²) < 4.78 is 40.0. The van der Waals surface area contributed by atoms with E-state index >= 15 is 0 Å². The Morgan fingerprint density at radius 3 is 2.30 bits per heavy atom. The zero-order valence-electron chi connectivity index (χ0n) is 25.0. The summed E-state index contributed by atoms with van der Waals surface area (Å²) in [6, 6.07) is 23.3. The number of sulfonamides is 1. The molecule has 2 aromatic carbocycles. The van der Waals surface area contributed by atoms with Gasteiger partial charge in [0.1, 0.15) is 27.9 Å². The maximum Gasteiger partial charge on any atom is 0.416 e. The summed E-state index contributed by atoms with van der Waals surface area (Å²) >= 11 is 1.11. The van der Waals surface area contributed by atoms with Crippen molar-refractivity contribution in [3.63, 3.8) is 0 Å². The largest absolute Gasteiger partial charge is 0.494 e. The van der Waals surface area contributed by atoms with Gasteiger partial charge in [-0.05, 0) is 80.1 Å². The molecule has 0 unspecified atom stereocenters. The van der Waals surface area contributed by atoms with Crippen molar-refractivity contribution in [1.29, 1.82) is 0 Å². The van der Waals surface area contributed by atoms with Crippen LogP contribution in [0.3, 0.4) is 0 Å². The van der Waals surface area contributed by atoms with Crippen molar-refractivity contribution in [2.45, 2.75) is 50.6 Å². The van der Waals surface area contributed by atoms with E-state index in [4.69, 9.17) is 9.47 Å². The number of nitrogens with zero attached hydrogens (tertiary/aromatic N) is 3. The number of hydrogen-bond donors (Lipinski definition) is 1. The van der Waals surface area contributed by atoms with Crippen LogP contribution in [0.25, 0.3) is 11.1 Å². The first-order valence-corrected chi connectivity index (χ1v) is 16.2. The van der Waals surface area contributed by atoms with Gasteiger partial charge in [-0.2, -0.15) is 4.31 Å². The Kier molecular flexibility index (Phi) is 10.4. The standard InChI is InChI=1S/C32H35N3O7S2/c1-5-41-27-11-6-9-25(19-27)24-16-14-23(15-17-24)20-34(44(39,40)30-13-8-18-43-30)21-26-10-7-12-28(33-26)35(22-29(36)37)31(38)42-32(2,3)4/h6-19H,5,20-22H2,1-4H3,(H,36,37). The summed E-state index contributed by atoms with van der Waals surface area (Å²) in [5.74, 6) is -0.449. The predicted octanol–water partition coefficient (Wildman–Crippen LogP) is 6.43. The number of anilines is 1. The molecule has 0 atom stereocenters. The smallest absolute Gasteiger partial charge is 0.416 e. The van der Waals surface area contributed by atoms with Crippen LogP contribution in [0.5, 0.6) is 5.75 Å². The second kappa shape index (κ2) is 14.0. The fourth-order valence-corrected chi connectivity index (χ4v) is 6.82. The number of hydrogen-bond acceptors (Lipinski definition) is 8. The van der Waals surface area contributed by atoms with E-state index in [9.17, 15) is 23.1 Å². The number of aliphatic carboxylic acids is 1. The number of pyridine rings is 1. The van der Waals surface area contributed by atoms with Crippen LogP contribution in [0, 0.1) is 0 Å². The second-order valence-electron chi connectivity index (χ2n) is 10.8. The Balaban J connectivity index is 1.63. The van der Waals surface area contributed by atoms with Crippen molar-refractivity contribution < 1.29 is 32.6 Å². The number of carbonyl (C=O) groups excluding carboxylic acids is 1. The molecule has 44 heavy (non-hydrogen) atoms. The number of amides is 1. The third-order valence-corrected chi connectivity index (χ3v) is 9.36. The maximum absolute atomic E-state index is 13.8. The molecule has 0 bridgehead atoms. The topological polar surface area (TPSA) is 126 Å². The molecule has 2 heterocycles. The summed E-state index contributed by atoms with van der Waals surface area (Å²) in [6.45, 7) is 6.76. The fraction of sp³-hybridized carbons (Fsp3) is 0.281. The third-order valence-electron chi connectivity index (χ3n) is 6.19. The molecule has 0 radical (unpaired) electrons. The van der Waals surface area contributed by atoms with Crippen molar-refractivity contribution in [3.8, 4) is 16.9 Å². The number of carboxylic acid groups (broad SMARTS) is 1. The molecule has 4 rings (SSSR count). The first-order valence-electron chi connectivity index (χ1n) is 13.9. The van der Waals surface area contributed by atoms with E-state index in [1.807, 2.05) is 55.5 Å². The van der Waals surface area contributed by atoms with Crippen LogP contribution in [0.2, 0.25) is 0 Å². The minimum Gasteiger partial charge on any atom is -0.494 e. The van der Waals surface area contributed by atoms with Gasteiger partial charge in [-0.3, -0.25) is 9.69 Å². The fourth-order valence-electron chi connectivity index (χ4n) is 4.28. The van der Waals surface area contributed by atoms with Gasteiger partial charge >= 0.3 is 12.1 Å². The summed E-state index contributed by atoms with van der Waals surface area (Å²) in [5, 5.41) is 11.1. The number of carbonyl (C=O) groups is 2. The second-order valence-corrected chi connectivity index (χ2v) is 13.9. The lowest BCUT2D eigenvalue weighted by Gasteiger charge is -2.26. The maximum atomic E-state index is 13.8. The number of carboxylic acids is 1. The van der Waals surface area contributed by atoms with E-state index < -0.39 is 34.2 Å². The van der Waals surface area contributed by atoms with Gasteiger partial charge in [0.2, 0.25) is 0 Å². The monoisotopic (exact) mass is 637 g/mol. The molecule has 0 saturated heterocycles. The molecule has 1 N–H and O–H groups in total. The lowest BCUT2D eigenvalue weighted by molar-refractivity contribution is -0.135. The van der Waals surface area contributed by atoms with E-state index in [1.165, 1.54) is 10.4 Å². The van der Waals surface area contributed by atoms with Crippen LogP contribution in [0.4, 0.5) is 10.6 Å². The molecule has 0 fully saturated rings. The molecule has 2 aromatic heterocycles. The molecule has 10 nitrogen and oxygen atoms in total. The first-order chi connectivity index (χ1) is 20.9. The van der Waals surface area contributed by atoms with E-state index in [1.54, 1.807) is 50.4 Å². The van der Waals surface area contributed by atoms with Crippen molar-refractivity contribution in [2.75, 3.05) is 18.1 Å². The summed E-state index contributed by atoms with van der Waals surface area (Å²) in [6.07, 6.45) is -0.875. The summed E-state index contributed by atoms with van der Waals surface area (Å²) in [7, 11) is -3.92. The lowest BCUT2D eigenvalue weighted by atomic mass is 10.0. The van der Waals surface area contributed by atoms with Crippen LogP contribution < -0.4 is 9.64 Å². The zero-order valence-corrected chi connectivity index (χ0v) is 26.6. The summed E-state index contributed by atoms with van der Waals surface area (Å²) in [5.41, 5.74) is 2.15. The zero-order chi connectivity index (χ0) is 31.9. The molecule has 232 valence electrons. The molecule has 0 aliphatic rings. The SMILES string of the molecule is CCOc1cccc(-c2ccc(CN(Cc3cccc(N(CC(=O)O)C(=O)OC(C)(C)C)n3)S(=O)(=O)c3cccs3)cc2)c1. The van der Waals surface area contributed by atoms with Gasteiger partial charge in [-0.15, -0.1) is 11.3 Å². The van der Waals surface area contributed by atoms with Crippen LogP contribution in [0.1, 0.15) is 39.0 Å². The van der Waals surface area contributed by atoms with E-state index in [0.717, 1.165) is 38.7 Å². The van der Waals surface area contributed by atoms with E-state index in [0.29, 0.717) is 12.3 Å². The van der Waals surface area contributed by atoms with Crippen molar-refractivity contribution >= 4 is 39.2 Å². The minimum atomic E-state index is -3.92. The Bertz CT molecular complexity index is 1680. The highest BCUT2D eigenvalue weighted by atomic mass is 32.2. The molecule has 4 aromatic rings. The normalized spacial score (nSPS) is 11.8. The van der Waals surface area contributed by atoms with Crippen molar-refractivity contribution in [2.24, 2.45) is 0 Å². The van der Waals surface area contributed by atoms with E-state index in [2.05, 4.69) is 4.98 Å². The quantitative estimate of drug-likeness (QED) is 0.188. The van der Waals surface area contributed by atoms with E-state index in [-0.39, 0.29) is 23.1 Å². The molecular formula is C32H35N3O7S2. The van der Waals surface area contributed by atoms with Crippen LogP contribution in [-0.4, -0.2) is 53.6 Å². The van der Waals surface area contributed by atoms with Gasteiger partial charge in [0.25, 0.3) is 10.0 Å². The molecule has 0 aliphatic carbocycles. The first kappa shape index (κ1) is 32.6. The summed E-state index contributed by atoms with van der Waals surface area (Å²) in [4.78, 5) is 29.8. The Morgan fingerprint density at radius 2 is 1.66 bits per heavy atom. The number of ether oxygens (including phenoxy) is 2. The van der Waals surface area contributed by atoms with Crippen molar-refractivity contribution in [1.82, 2.24) is 9.29 Å². The van der Waals surface area contributed by atoms with Crippen LogP contribution >= 0.6 is 11.3 Å². The molecule has 0 aliphatic heterocycles.